The molecule has 1 aromatic rings. The molecule has 2 unspecified atom stereocenters. The van der Waals surface area contributed by atoms with Crippen LogP contribution in [0.4, 0.5) is 0 Å². The van der Waals surface area contributed by atoms with E-state index in [2.05, 4.69) is 12.2 Å². The highest BCUT2D eigenvalue weighted by Crippen LogP contribution is 2.33. The van der Waals surface area contributed by atoms with Crippen molar-refractivity contribution in [1.29, 1.82) is 0 Å². The zero-order valence-corrected chi connectivity index (χ0v) is 13.5. The smallest absolute Gasteiger partial charge is 0.252 e. The Balaban J connectivity index is 0.00000147. The molecule has 3 rings (SSSR count). The van der Waals surface area contributed by atoms with Crippen LogP contribution in [0.5, 0.6) is 0 Å². The van der Waals surface area contributed by atoms with E-state index in [0.29, 0.717) is 12.5 Å². The number of carbonyl (C=O) groups excluding carboxylic acids is 1. The van der Waals surface area contributed by atoms with Crippen LogP contribution in [0.15, 0.2) is 5.38 Å². The molecule has 1 heterocycles. The highest BCUT2D eigenvalue weighted by Gasteiger charge is 2.29. The maximum atomic E-state index is 12.2. The van der Waals surface area contributed by atoms with Crippen LogP contribution in [0.1, 0.15) is 47.0 Å². The minimum Gasteiger partial charge on any atom is -0.350 e. The fourth-order valence-electron chi connectivity index (χ4n) is 2.86. The van der Waals surface area contributed by atoms with E-state index < -0.39 is 0 Å². The van der Waals surface area contributed by atoms with Crippen molar-refractivity contribution in [3.05, 3.63) is 21.4 Å². The van der Waals surface area contributed by atoms with Crippen LogP contribution in [-0.2, 0) is 12.8 Å². The molecule has 0 radical (unpaired) electrons. The number of thiophene rings is 1. The van der Waals surface area contributed by atoms with Gasteiger partial charge in [0.2, 0.25) is 0 Å². The zero-order valence-electron chi connectivity index (χ0n) is 11.9. The summed E-state index contributed by atoms with van der Waals surface area (Å²) in [6.45, 7) is 2.90. The normalized spacial score (nSPS) is 22.6. The summed E-state index contributed by atoms with van der Waals surface area (Å²) in [7, 11) is 0. The first-order valence-corrected chi connectivity index (χ1v) is 8.16. The molecule has 1 saturated carbocycles. The Morgan fingerprint density at radius 1 is 1.50 bits per heavy atom. The second-order valence-electron chi connectivity index (χ2n) is 6.11. The van der Waals surface area contributed by atoms with E-state index in [4.69, 9.17) is 5.73 Å². The second kappa shape index (κ2) is 6.46. The largest absolute Gasteiger partial charge is 0.350 e. The lowest BCUT2D eigenvalue weighted by atomic mass is 9.88. The van der Waals surface area contributed by atoms with Gasteiger partial charge in [-0.05, 0) is 49.5 Å². The average molecular weight is 315 g/mol. The number of hydrogen-bond acceptors (Lipinski definition) is 3. The zero-order chi connectivity index (χ0) is 13.4. The number of amides is 1. The number of halogens is 1. The Kier molecular flexibility index (Phi) is 5.10. The van der Waals surface area contributed by atoms with Crippen molar-refractivity contribution in [2.45, 2.75) is 45.1 Å². The lowest BCUT2D eigenvalue weighted by Crippen LogP contribution is -2.38. The molecule has 0 bridgehead atoms. The third-order valence-electron chi connectivity index (χ3n) is 4.37. The lowest BCUT2D eigenvalue weighted by Gasteiger charge is -2.19. The van der Waals surface area contributed by atoms with Crippen molar-refractivity contribution in [3.8, 4) is 0 Å². The Labute approximate surface area is 130 Å². The summed E-state index contributed by atoms with van der Waals surface area (Å²) in [5.74, 6) is 1.46. The standard InChI is InChI=1S/C15H22N2OS.ClH/c1-9-2-5-11-12(8-19-14(11)6-9)15(18)17-7-13(16)10-3-4-10;/h8-10,13H,2-7,16H2,1H3,(H,17,18);1H. The molecule has 112 valence electrons. The van der Waals surface area contributed by atoms with Crippen molar-refractivity contribution >= 4 is 29.7 Å². The number of hydrogen-bond donors (Lipinski definition) is 2. The Bertz CT molecular complexity index is 484. The molecule has 3 nitrogen and oxygen atoms in total. The number of fused-ring (bicyclic) bond motifs is 1. The summed E-state index contributed by atoms with van der Waals surface area (Å²) < 4.78 is 0. The van der Waals surface area contributed by atoms with Gasteiger partial charge in [0.15, 0.2) is 0 Å². The van der Waals surface area contributed by atoms with Crippen LogP contribution in [0.25, 0.3) is 0 Å². The second-order valence-corrected chi connectivity index (χ2v) is 7.07. The quantitative estimate of drug-likeness (QED) is 0.898. The van der Waals surface area contributed by atoms with Crippen molar-refractivity contribution < 1.29 is 4.79 Å². The van der Waals surface area contributed by atoms with Crippen LogP contribution in [-0.4, -0.2) is 18.5 Å². The number of carbonyl (C=O) groups is 1. The average Bonchev–Trinajstić information content (AvgIpc) is 3.16. The van der Waals surface area contributed by atoms with Crippen molar-refractivity contribution in [1.82, 2.24) is 5.32 Å². The number of rotatable bonds is 4. The fraction of sp³-hybridized carbons (Fsp3) is 0.667. The molecule has 3 N–H and O–H groups in total. The SMILES string of the molecule is CC1CCc2c(C(=O)NCC(N)C3CC3)csc2C1.Cl. The van der Waals surface area contributed by atoms with E-state index >= 15 is 0 Å². The summed E-state index contributed by atoms with van der Waals surface area (Å²) in [6, 6.07) is 0.137. The summed E-state index contributed by atoms with van der Waals surface area (Å²) >= 11 is 1.74. The van der Waals surface area contributed by atoms with Gasteiger partial charge in [0.25, 0.3) is 5.91 Å². The van der Waals surface area contributed by atoms with Gasteiger partial charge in [0, 0.05) is 22.8 Å². The molecule has 0 aromatic carbocycles. The van der Waals surface area contributed by atoms with Crippen molar-refractivity contribution in [2.24, 2.45) is 17.6 Å². The maximum absolute atomic E-state index is 12.2. The molecule has 0 saturated heterocycles. The Morgan fingerprint density at radius 2 is 2.25 bits per heavy atom. The molecule has 2 atom stereocenters. The minimum absolute atomic E-state index is 0. The Morgan fingerprint density at radius 3 is 2.95 bits per heavy atom. The van der Waals surface area contributed by atoms with Gasteiger partial charge in [-0.1, -0.05) is 6.92 Å². The van der Waals surface area contributed by atoms with Crippen molar-refractivity contribution in [3.63, 3.8) is 0 Å². The van der Waals surface area contributed by atoms with Crippen molar-refractivity contribution in [2.75, 3.05) is 6.54 Å². The van der Waals surface area contributed by atoms with E-state index in [1.807, 2.05) is 5.38 Å². The maximum Gasteiger partial charge on any atom is 0.252 e. The van der Waals surface area contributed by atoms with E-state index in [1.54, 1.807) is 11.3 Å². The predicted octanol–water partition coefficient (Wildman–Crippen LogP) is 2.76. The van der Waals surface area contributed by atoms with Gasteiger partial charge in [-0.25, -0.2) is 0 Å². The van der Waals surface area contributed by atoms with Gasteiger partial charge in [-0.3, -0.25) is 4.79 Å². The summed E-state index contributed by atoms with van der Waals surface area (Å²) in [5.41, 5.74) is 8.21. The lowest BCUT2D eigenvalue weighted by molar-refractivity contribution is 0.0949. The van der Waals surface area contributed by atoms with Gasteiger partial charge in [0.05, 0.1) is 5.56 Å². The van der Waals surface area contributed by atoms with Gasteiger partial charge in [-0.2, -0.15) is 0 Å². The molecular formula is C15H23ClN2OS. The minimum atomic E-state index is 0. The molecule has 0 spiro atoms. The van der Waals surface area contributed by atoms with E-state index in [0.717, 1.165) is 24.3 Å². The van der Waals surface area contributed by atoms with Crippen LogP contribution >= 0.6 is 23.7 Å². The molecule has 1 amide bonds. The van der Waals surface area contributed by atoms with Gasteiger partial charge in [-0.15, -0.1) is 23.7 Å². The van der Waals surface area contributed by atoms with Crippen LogP contribution in [0, 0.1) is 11.8 Å². The first kappa shape index (κ1) is 15.8. The first-order chi connectivity index (χ1) is 9.15. The summed E-state index contributed by atoms with van der Waals surface area (Å²) in [4.78, 5) is 13.7. The summed E-state index contributed by atoms with van der Waals surface area (Å²) in [6.07, 6.45) is 5.84. The monoisotopic (exact) mass is 314 g/mol. The third kappa shape index (κ3) is 3.35. The molecule has 1 fully saturated rings. The molecular weight excluding hydrogens is 292 g/mol. The highest BCUT2D eigenvalue weighted by molar-refractivity contribution is 7.10. The number of nitrogens with one attached hydrogen (secondary N) is 1. The van der Waals surface area contributed by atoms with E-state index in [9.17, 15) is 4.79 Å². The first-order valence-electron chi connectivity index (χ1n) is 7.28. The van der Waals surface area contributed by atoms with Crippen LogP contribution in [0.3, 0.4) is 0 Å². The topological polar surface area (TPSA) is 55.1 Å². The van der Waals surface area contributed by atoms with Crippen LogP contribution in [0.2, 0.25) is 0 Å². The molecule has 2 aliphatic carbocycles. The fourth-order valence-corrected chi connectivity index (χ4v) is 4.11. The van der Waals surface area contributed by atoms with Gasteiger partial charge >= 0.3 is 0 Å². The molecule has 20 heavy (non-hydrogen) atoms. The summed E-state index contributed by atoms with van der Waals surface area (Å²) in [5, 5.41) is 5.04. The number of nitrogens with two attached hydrogens (primary N) is 1. The van der Waals surface area contributed by atoms with E-state index in [1.165, 1.54) is 29.7 Å². The Hall–Kier alpha value is -0.580. The molecule has 1 aromatic heterocycles. The van der Waals surface area contributed by atoms with Crippen LogP contribution < -0.4 is 11.1 Å². The molecule has 0 aliphatic heterocycles. The molecule has 5 heteroatoms. The highest BCUT2D eigenvalue weighted by atomic mass is 35.5. The molecule has 2 aliphatic rings. The van der Waals surface area contributed by atoms with E-state index in [-0.39, 0.29) is 24.4 Å². The predicted molar refractivity (Wildman–Crippen MR) is 85.8 cm³/mol. The third-order valence-corrected chi connectivity index (χ3v) is 5.42. The van der Waals surface area contributed by atoms with Gasteiger partial charge < -0.3 is 11.1 Å². The van der Waals surface area contributed by atoms with Gasteiger partial charge in [0.1, 0.15) is 0 Å².